The molecule has 0 aliphatic heterocycles. The van der Waals surface area contributed by atoms with Crippen molar-refractivity contribution in [3.05, 3.63) is 70.2 Å². The highest BCUT2D eigenvalue weighted by atomic mass is 35.5. The summed E-state index contributed by atoms with van der Waals surface area (Å²) in [5.74, 6) is -2.96. The van der Waals surface area contributed by atoms with Crippen LogP contribution in [0.15, 0.2) is 42.5 Å². The standard InChI is InChI=1S/C18H17ClF2N2O2/c1-2-16(11-3-5-12(19)6-4-11)23-17(24)10-22-18(25)14-8-7-13(20)9-15(14)21/h3-9,16H,2,10H2,1H3,(H,22,25)(H,23,24). The van der Waals surface area contributed by atoms with E-state index < -0.39 is 23.4 Å². The van der Waals surface area contributed by atoms with E-state index in [0.29, 0.717) is 17.5 Å². The predicted molar refractivity (Wildman–Crippen MR) is 91.3 cm³/mol. The maximum absolute atomic E-state index is 13.5. The lowest BCUT2D eigenvalue weighted by Crippen LogP contribution is -2.38. The van der Waals surface area contributed by atoms with E-state index in [2.05, 4.69) is 10.6 Å². The van der Waals surface area contributed by atoms with Gasteiger partial charge in [0.1, 0.15) is 11.6 Å². The molecule has 132 valence electrons. The summed E-state index contributed by atoms with van der Waals surface area (Å²) in [6, 6.07) is 9.46. The van der Waals surface area contributed by atoms with E-state index in [0.717, 1.165) is 17.7 Å². The van der Waals surface area contributed by atoms with Crippen LogP contribution in [-0.4, -0.2) is 18.4 Å². The van der Waals surface area contributed by atoms with Crippen molar-refractivity contribution in [2.45, 2.75) is 19.4 Å². The van der Waals surface area contributed by atoms with Gasteiger partial charge in [-0.25, -0.2) is 8.78 Å². The SMILES string of the molecule is CCC(NC(=O)CNC(=O)c1ccc(F)cc1F)c1ccc(Cl)cc1. The molecule has 2 aromatic rings. The Labute approximate surface area is 149 Å². The quantitative estimate of drug-likeness (QED) is 0.820. The van der Waals surface area contributed by atoms with Gasteiger partial charge in [0, 0.05) is 11.1 Å². The van der Waals surface area contributed by atoms with E-state index in [1.54, 1.807) is 12.1 Å². The predicted octanol–water partition coefficient (Wildman–Crippen LogP) is 3.62. The summed E-state index contributed by atoms with van der Waals surface area (Å²) in [4.78, 5) is 23.9. The van der Waals surface area contributed by atoms with Crippen LogP contribution in [0.4, 0.5) is 8.78 Å². The first-order valence-corrected chi connectivity index (χ1v) is 8.06. The van der Waals surface area contributed by atoms with Crippen LogP contribution in [0, 0.1) is 11.6 Å². The molecular formula is C18H17ClF2N2O2. The van der Waals surface area contributed by atoms with E-state index in [4.69, 9.17) is 11.6 Å². The van der Waals surface area contributed by atoms with Crippen molar-refractivity contribution in [3.8, 4) is 0 Å². The monoisotopic (exact) mass is 366 g/mol. The second-order valence-corrected chi connectivity index (χ2v) is 5.82. The lowest BCUT2D eigenvalue weighted by atomic mass is 10.0. The molecule has 0 aliphatic carbocycles. The van der Waals surface area contributed by atoms with Crippen LogP contribution < -0.4 is 10.6 Å². The summed E-state index contributed by atoms with van der Waals surface area (Å²) in [7, 11) is 0. The zero-order chi connectivity index (χ0) is 18.4. The van der Waals surface area contributed by atoms with Gasteiger partial charge in [0.2, 0.25) is 5.91 Å². The van der Waals surface area contributed by atoms with Crippen molar-refractivity contribution in [2.24, 2.45) is 0 Å². The highest BCUT2D eigenvalue weighted by Gasteiger charge is 2.16. The average Bonchev–Trinajstić information content (AvgIpc) is 2.58. The summed E-state index contributed by atoms with van der Waals surface area (Å²) >= 11 is 5.84. The Balaban J connectivity index is 1.92. The fourth-order valence-electron chi connectivity index (χ4n) is 2.29. The molecule has 1 unspecified atom stereocenters. The Morgan fingerprint density at radius 3 is 2.40 bits per heavy atom. The molecule has 4 nitrogen and oxygen atoms in total. The number of carbonyl (C=O) groups is 2. The third-order valence-corrected chi connectivity index (χ3v) is 3.85. The molecule has 0 aromatic heterocycles. The van der Waals surface area contributed by atoms with E-state index in [-0.39, 0.29) is 18.2 Å². The number of halogens is 3. The Hall–Kier alpha value is -2.47. The summed E-state index contributed by atoms with van der Waals surface area (Å²) in [6.07, 6.45) is 0.647. The van der Waals surface area contributed by atoms with Crippen LogP contribution in [0.1, 0.15) is 35.3 Å². The molecule has 0 fully saturated rings. The molecule has 0 radical (unpaired) electrons. The zero-order valence-corrected chi connectivity index (χ0v) is 14.2. The molecule has 0 heterocycles. The first-order chi connectivity index (χ1) is 11.9. The van der Waals surface area contributed by atoms with Crippen molar-refractivity contribution in [1.82, 2.24) is 10.6 Å². The van der Waals surface area contributed by atoms with Gasteiger partial charge in [-0.05, 0) is 36.2 Å². The topological polar surface area (TPSA) is 58.2 Å². The largest absolute Gasteiger partial charge is 0.348 e. The summed E-state index contributed by atoms with van der Waals surface area (Å²) < 4.78 is 26.4. The molecule has 1 atom stereocenters. The maximum atomic E-state index is 13.5. The minimum atomic E-state index is -0.981. The second kappa shape index (κ2) is 8.58. The number of carbonyl (C=O) groups excluding carboxylic acids is 2. The molecule has 0 aliphatic rings. The van der Waals surface area contributed by atoms with Gasteiger partial charge in [0.25, 0.3) is 5.91 Å². The minimum absolute atomic E-state index is 0.232. The lowest BCUT2D eigenvalue weighted by Gasteiger charge is -2.18. The lowest BCUT2D eigenvalue weighted by molar-refractivity contribution is -0.120. The normalized spacial score (nSPS) is 11.7. The molecule has 25 heavy (non-hydrogen) atoms. The van der Waals surface area contributed by atoms with Gasteiger partial charge in [0.05, 0.1) is 18.2 Å². The fraction of sp³-hybridized carbons (Fsp3) is 0.222. The first-order valence-electron chi connectivity index (χ1n) is 7.68. The van der Waals surface area contributed by atoms with Crippen LogP contribution in [0.3, 0.4) is 0 Å². The van der Waals surface area contributed by atoms with Gasteiger partial charge in [-0.1, -0.05) is 30.7 Å². The number of hydrogen-bond acceptors (Lipinski definition) is 2. The first kappa shape index (κ1) is 18.9. The Morgan fingerprint density at radius 2 is 1.80 bits per heavy atom. The van der Waals surface area contributed by atoms with Gasteiger partial charge in [-0.15, -0.1) is 0 Å². The number of rotatable bonds is 6. The molecule has 7 heteroatoms. The van der Waals surface area contributed by atoms with Crippen LogP contribution >= 0.6 is 11.6 Å². The highest BCUT2D eigenvalue weighted by Crippen LogP contribution is 2.19. The van der Waals surface area contributed by atoms with E-state index in [9.17, 15) is 18.4 Å². The minimum Gasteiger partial charge on any atom is -0.348 e. The highest BCUT2D eigenvalue weighted by molar-refractivity contribution is 6.30. The van der Waals surface area contributed by atoms with Gasteiger partial charge >= 0.3 is 0 Å². The van der Waals surface area contributed by atoms with Crippen molar-refractivity contribution < 1.29 is 18.4 Å². The molecule has 2 N–H and O–H groups in total. The smallest absolute Gasteiger partial charge is 0.254 e. The Kier molecular flexibility index (Phi) is 6.47. The molecule has 0 saturated heterocycles. The zero-order valence-electron chi connectivity index (χ0n) is 13.5. The Bertz CT molecular complexity index is 766. The second-order valence-electron chi connectivity index (χ2n) is 5.39. The molecule has 2 amide bonds. The van der Waals surface area contributed by atoms with Gasteiger partial charge in [0.15, 0.2) is 0 Å². The summed E-state index contributed by atoms with van der Waals surface area (Å²) in [5.41, 5.74) is 0.565. The summed E-state index contributed by atoms with van der Waals surface area (Å²) in [6.45, 7) is 1.59. The van der Waals surface area contributed by atoms with E-state index in [1.807, 2.05) is 19.1 Å². The number of nitrogens with one attached hydrogen (secondary N) is 2. The van der Waals surface area contributed by atoms with Crippen molar-refractivity contribution in [2.75, 3.05) is 6.54 Å². The van der Waals surface area contributed by atoms with Crippen molar-refractivity contribution >= 4 is 23.4 Å². The molecule has 2 aromatic carbocycles. The maximum Gasteiger partial charge on any atom is 0.254 e. The third-order valence-electron chi connectivity index (χ3n) is 3.60. The molecular weight excluding hydrogens is 350 g/mol. The molecule has 0 spiro atoms. The molecule has 0 saturated carbocycles. The third kappa shape index (κ3) is 5.26. The van der Waals surface area contributed by atoms with Gasteiger partial charge in [-0.2, -0.15) is 0 Å². The average molecular weight is 367 g/mol. The number of hydrogen-bond donors (Lipinski definition) is 2. The van der Waals surface area contributed by atoms with Gasteiger partial charge in [-0.3, -0.25) is 9.59 Å². The van der Waals surface area contributed by atoms with E-state index >= 15 is 0 Å². The van der Waals surface area contributed by atoms with E-state index in [1.165, 1.54) is 0 Å². The summed E-state index contributed by atoms with van der Waals surface area (Å²) in [5, 5.41) is 5.69. The van der Waals surface area contributed by atoms with Crippen molar-refractivity contribution in [1.29, 1.82) is 0 Å². The number of benzene rings is 2. The van der Waals surface area contributed by atoms with Gasteiger partial charge < -0.3 is 10.6 Å². The molecule has 0 bridgehead atoms. The van der Waals surface area contributed by atoms with Crippen LogP contribution in [0.25, 0.3) is 0 Å². The fourth-order valence-corrected chi connectivity index (χ4v) is 2.42. The van der Waals surface area contributed by atoms with Crippen molar-refractivity contribution in [3.63, 3.8) is 0 Å². The van der Waals surface area contributed by atoms with Crippen LogP contribution in [-0.2, 0) is 4.79 Å². The Morgan fingerprint density at radius 1 is 1.12 bits per heavy atom. The number of amides is 2. The van der Waals surface area contributed by atoms with Crippen LogP contribution in [0.5, 0.6) is 0 Å². The molecule has 2 rings (SSSR count). The van der Waals surface area contributed by atoms with Crippen LogP contribution in [0.2, 0.25) is 5.02 Å².